The molecule has 1 heterocycles. The number of hydrogen-bond donors (Lipinski definition) is 0. The van der Waals surface area contributed by atoms with E-state index in [1.165, 1.54) is 86.9 Å². The van der Waals surface area contributed by atoms with Crippen LogP contribution in [0.5, 0.6) is 0 Å². The smallest absolute Gasteiger partial charge is 0.0647 e. The second kappa shape index (κ2) is 15.2. The van der Waals surface area contributed by atoms with Gasteiger partial charge in [0.2, 0.25) is 0 Å². The van der Waals surface area contributed by atoms with Gasteiger partial charge in [0.15, 0.2) is 0 Å². The van der Waals surface area contributed by atoms with E-state index in [0.29, 0.717) is 11.8 Å². The van der Waals surface area contributed by atoms with E-state index in [-0.39, 0.29) is 21.7 Å². The molecule has 6 aromatic carbocycles. The lowest BCUT2D eigenvalue weighted by Gasteiger charge is -2.61. The van der Waals surface area contributed by atoms with Gasteiger partial charge in [0.05, 0.1) is 11.4 Å². The van der Waals surface area contributed by atoms with Gasteiger partial charge in [-0.3, -0.25) is 0 Å². The van der Waals surface area contributed by atoms with Crippen molar-refractivity contribution in [3.63, 3.8) is 0 Å². The van der Waals surface area contributed by atoms with E-state index in [1.54, 1.807) is 11.1 Å². The largest absolute Gasteiger partial charge is 0.309 e. The Hall–Kier alpha value is -4.64. The third-order valence-corrected chi connectivity index (χ3v) is 17.7. The molecule has 4 heteroatoms. The summed E-state index contributed by atoms with van der Waals surface area (Å²) >= 11 is 6.04. The van der Waals surface area contributed by atoms with Crippen LogP contribution in [-0.2, 0) is 21.7 Å². The van der Waals surface area contributed by atoms with Crippen molar-refractivity contribution in [3.05, 3.63) is 165 Å². The summed E-state index contributed by atoms with van der Waals surface area (Å²) in [5, 5.41) is 3.67. The van der Waals surface area contributed by atoms with E-state index in [0.717, 1.165) is 39.1 Å². The molecule has 0 unspecified atom stereocenters. The average molecular weight is 938 g/mol. The number of anilines is 6. The first-order valence-corrected chi connectivity index (χ1v) is 25.9. The summed E-state index contributed by atoms with van der Waals surface area (Å²) in [5.74, 6) is 3.20. The van der Waals surface area contributed by atoms with Crippen molar-refractivity contribution in [1.29, 1.82) is 0 Å². The highest BCUT2D eigenvalue weighted by Crippen LogP contribution is 2.69. The summed E-state index contributed by atoms with van der Waals surface area (Å²) in [6.45, 7) is 23.1. The van der Waals surface area contributed by atoms with Crippen LogP contribution < -0.4 is 9.80 Å². The molecule has 5 aliphatic carbocycles. The monoisotopic (exact) mass is 936 g/mol. The highest BCUT2D eigenvalue weighted by molar-refractivity contribution is 9.10. The van der Waals surface area contributed by atoms with Crippen molar-refractivity contribution in [2.45, 2.75) is 123 Å². The molecule has 0 amide bonds. The van der Waals surface area contributed by atoms with Crippen LogP contribution in [0.3, 0.4) is 0 Å². The summed E-state index contributed by atoms with van der Waals surface area (Å²) in [7, 11) is 0. The molecule has 65 heavy (non-hydrogen) atoms. The van der Waals surface area contributed by atoms with Gasteiger partial charge < -0.3 is 9.80 Å². The maximum Gasteiger partial charge on any atom is 0.0647 e. The van der Waals surface area contributed by atoms with Gasteiger partial charge in [0, 0.05) is 48.1 Å². The van der Waals surface area contributed by atoms with Gasteiger partial charge in [-0.05, 0) is 206 Å². The topological polar surface area (TPSA) is 6.48 Å². The van der Waals surface area contributed by atoms with E-state index < -0.39 is 0 Å². The number of nitrogens with zero attached hydrogens (tertiary/aromatic N) is 2. The first-order valence-electron chi connectivity index (χ1n) is 24.3. The number of fused-ring (bicyclic) bond motifs is 4. The second-order valence-electron chi connectivity index (χ2n) is 23.4. The molecule has 4 fully saturated rings. The Bertz CT molecular complexity index is 2960. The molecule has 332 valence electrons. The number of halogens is 1. The highest BCUT2D eigenvalue weighted by Gasteiger charge is 2.61. The number of benzene rings is 6. The second-order valence-corrected chi connectivity index (χ2v) is 25.2. The predicted octanol–water partition coefficient (Wildman–Crippen LogP) is 18.5. The zero-order valence-electron chi connectivity index (χ0n) is 40.1. The van der Waals surface area contributed by atoms with Crippen molar-refractivity contribution in [2.24, 2.45) is 23.7 Å². The highest BCUT2D eigenvalue weighted by atomic mass is 79.9. The van der Waals surface area contributed by atoms with Crippen LogP contribution >= 0.6 is 27.3 Å². The molecule has 0 atom stereocenters. The number of rotatable bonds is 6. The molecule has 7 aromatic rings. The van der Waals surface area contributed by atoms with E-state index in [1.807, 2.05) is 11.3 Å². The fourth-order valence-corrected chi connectivity index (χ4v) is 14.5. The fourth-order valence-electron chi connectivity index (χ4n) is 13.1. The maximum absolute atomic E-state index is 4.20. The molecular formula is C61H65BrN2S. The van der Waals surface area contributed by atoms with Gasteiger partial charge in [-0.15, -0.1) is 11.3 Å². The van der Waals surface area contributed by atoms with Gasteiger partial charge >= 0.3 is 0 Å². The Kier molecular flexibility index (Phi) is 10.0. The third kappa shape index (κ3) is 7.06. The zero-order valence-corrected chi connectivity index (χ0v) is 42.6. The van der Waals surface area contributed by atoms with E-state index in [4.69, 9.17) is 0 Å². The Morgan fingerprint density at radius 2 is 1.06 bits per heavy atom. The Balaban J connectivity index is 1.13. The van der Waals surface area contributed by atoms with Crippen LogP contribution in [0.1, 0.15) is 128 Å². The van der Waals surface area contributed by atoms with Gasteiger partial charge in [-0.2, -0.15) is 0 Å². The maximum atomic E-state index is 4.20. The van der Waals surface area contributed by atoms with Gasteiger partial charge in [0.1, 0.15) is 0 Å². The standard InChI is InChI=1S/C61H65BrN2S/c1-37-25-47(63(45-19-15-40(16-20-45)58(2,3)4)56-36-65-57-24-18-41(32-51(56)57)59(5,6)7)34-48(26-37)64(55-23-17-42(33-54(55)62)60(8,9)10)46-21-22-50-49-13-11-12-14-52(49)61(53(50)35-46)43-28-38-27-39(30-43)31-44(61)29-38/h11-26,32-36,38-39,43-44H,27-31H2,1-10H3. The lowest BCUT2D eigenvalue weighted by molar-refractivity contribution is -0.0399. The summed E-state index contributed by atoms with van der Waals surface area (Å²) in [6, 6.07) is 47.8. The molecule has 4 saturated carbocycles. The number of hydrogen-bond acceptors (Lipinski definition) is 3. The fraction of sp³-hybridized carbons (Fsp3) is 0.377. The average Bonchev–Trinajstić information content (AvgIpc) is 3.79. The zero-order chi connectivity index (χ0) is 45.4. The molecule has 4 bridgehead atoms. The Morgan fingerprint density at radius 1 is 0.508 bits per heavy atom. The van der Waals surface area contributed by atoms with Crippen LogP contribution in [-0.4, -0.2) is 0 Å². The lowest BCUT2D eigenvalue weighted by Crippen LogP contribution is -2.55. The summed E-state index contributed by atoms with van der Waals surface area (Å²) in [5.41, 5.74) is 18.6. The molecule has 1 spiro atoms. The van der Waals surface area contributed by atoms with Crippen molar-refractivity contribution < 1.29 is 0 Å². The molecule has 0 radical (unpaired) electrons. The molecule has 2 nitrogen and oxygen atoms in total. The lowest BCUT2D eigenvalue weighted by atomic mass is 9.43. The van der Waals surface area contributed by atoms with Gasteiger partial charge in [-0.25, -0.2) is 0 Å². The van der Waals surface area contributed by atoms with Gasteiger partial charge in [-0.1, -0.05) is 117 Å². The number of aryl methyl sites for hydroxylation is 1. The van der Waals surface area contributed by atoms with Crippen molar-refractivity contribution in [2.75, 3.05) is 9.80 Å². The summed E-state index contributed by atoms with van der Waals surface area (Å²) in [6.07, 6.45) is 6.94. The molecule has 0 aliphatic heterocycles. The van der Waals surface area contributed by atoms with Crippen LogP contribution in [0.2, 0.25) is 0 Å². The van der Waals surface area contributed by atoms with Crippen LogP contribution in [0, 0.1) is 30.6 Å². The molecule has 12 rings (SSSR count). The minimum atomic E-state index is 0.0206. The number of thiophene rings is 1. The van der Waals surface area contributed by atoms with E-state index in [2.05, 4.69) is 222 Å². The van der Waals surface area contributed by atoms with Crippen molar-refractivity contribution in [1.82, 2.24) is 0 Å². The Labute approximate surface area is 401 Å². The van der Waals surface area contributed by atoms with Crippen LogP contribution in [0.25, 0.3) is 21.2 Å². The minimum absolute atomic E-state index is 0.0206. The summed E-state index contributed by atoms with van der Waals surface area (Å²) in [4.78, 5) is 5.08. The quantitative estimate of drug-likeness (QED) is 0.164. The van der Waals surface area contributed by atoms with Gasteiger partial charge in [0.25, 0.3) is 0 Å². The normalized spacial score (nSPS) is 22.1. The third-order valence-electron chi connectivity index (χ3n) is 16.1. The van der Waals surface area contributed by atoms with E-state index in [9.17, 15) is 0 Å². The molecule has 1 aromatic heterocycles. The van der Waals surface area contributed by atoms with Crippen LogP contribution in [0.4, 0.5) is 34.1 Å². The first kappa shape index (κ1) is 43.0. The van der Waals surface area contributed by atoms with Crippen molar-refractivity contribution in [3.8, 4) is 11.1 Å². The minimum Gasteiger partial charge on any atom is -0.309 e. The molecular weight excluding hydrogens is 873 g/mol. The molecule has 5 aliphatic rings. The van der Waals surface area contributed by atoms with Crippen LogP contribution in [0.15, 0.2) is 131 Å². The molecule has 0 N–H and O–H groups in total. The summed E-state index contributed by atoms with van der Waals surface area (Å²) < 4.78 is 2.41. The molecule has 0 saturated heterocycles. The Morgan fingerprint density at radius 3 is 1.69 bits per heavy atom. The van der Waals surface area contributed by atoms with E-state index >= 15 is 0 Å². The predicted molar refractivity (Wildman–Crippen MR) is 283 cm³/mol. The first-order chi connectivity index (χ1) is 30.9. The SMILES string of the molecule is Cc1cc(N(c2ccc3c(c2)C2(c4ccccc4-3)C3CC4CC(C3)CC2C4)c2ccc(C(C)(C)C)cc2Br)cc(N(c2ccc(C(C)(C)C)cc2)c2csc3ccc(C(C)(C)C)cc23)c1. The van der Waals surface area contributed by atoms with Crippen molar-refractivity contribution >= 4 is 71.5 Å².